The zero-order chi connectivity index (χ0) is 9.61. The Morgan fingerprint density at radius 1 is 1.42 bits per heavy atom. The lowest BCUT2D eigenvalue weighted by molar-refractivity contribution is -0.125. The lowest BCUT2D eigenvalue weighted by Crippen LogP contribution is -2.49. The average Bonchev–Trinajstić information content (AvgIpc) is 1.96. The second kappa shape index (κ2) is 5.11. The molecule has 0 aliphatic heterocycles. The third kappa shape index (κ3) is 5.09. The van der Waals surface area contributed by atoms with Crippen molar-refractivity contribution in [1.29, 1.82) is 0 Å². The first-order chi connectivity index (χ1) is 5.48. The van der Waals surface area contributed by atoms with E-state index in [1.165, 1.54) is 0 Å². The summed E-state index contributed by atoms with van der Waals surface area (Å²) < 4.78 is 0. The first-order valence-electron chi connectivity index (χ1n) is 4.25. The Bertz CT molecular complexity index is 140. The van der Waals surface area contributed by atoms with Crippen LogP contribution in [0.5, 0.6) is 0 Å². The fraction of sp³-hybridized carbons (Fsp3) is 0.875. The van der Waals surface area contributed by atoms with Crippen molar-refractivity contribution < 1.29 is 4.79 Å². The molecule has 0 unspecified atom stereocenters. The maximum absolute atomic E-state index is 11.2. The van der Waals surface area contributed by atoms with Crippen molar-refractivity contribution in [3.63, 3.8) is 0 Å². The molecular formula is C8H19N3O. The molecule has 0 bridgehead atoms. The van der Waals surface area contributed by atoms with Crippen LogP contribution in [0.1, 0.15) is 26.7 Å². The highest BCUT2D eigenvalue weighted by molar-refractivity contribution is 5.84. The molecular weight excluding hydrogens is 154 g/mol. The van der Waals surface area contributed by atoms with Crippen molar-refractivity contribution in [3.05, 3.63) is 0 Å². The van der Waals surface area contributed by atoms with Crippen LogP contribution in [0, 0.1) is 0 Å². The van der Waals surface area contributed by atoms with Crippen LogP contribution in [0.15, 0.2) is 0 Å². The molecule has 0 aliphatic carbocycles. The second-order valence-corrected chi connectivity index (χ2v) is 3.47. The Hall–Kier alpha value is -0.610. The van der Waals surface area contributed by atoms with Gasteiger partial charge in [0.05, 0.1) is 5.54 Å². The van der Waals surface area contributed by atoms with Crippen LogP contribution in [-0.4, -0.2) is 24.5 Å². The number of amides is 1. The summed E-state index contributed by atoms with van der Waals surface area (Å²) in [7, 11) is 0. The number of carbonyl (C=O) groups is 1. The Morgan fingerprint density at radius 3 is 2.42 bits per heavy atom. The van der Waals surface area contributed by atoms with Gasteiger partial charge in [-0.3, -0.25) is 4.79 Å². The summed E-state index contributed by atoms with van der Waals surface area (Å²) in [5, 5.41) is 2.74. The van der Waals surface area contributed by atoms with E-state index >= 15 is 0 Å². The number of hydrogen-bond acceptors (Lipinski definition) is 3. The third-order valence-electron chi connectivity index (χ3n) is 1.50. The maximum atomic E-state index is 11.2. The van der Waals surface area contributed by atoms with Crippen molar-refractivity contribution in [3.8, 4) is 0 Å². The fourth-order valence-electron chi connectivity index (χ4n) is 0.699. The average molecular weight is 173 g/mol. The van der Waals surface area contributed by atoms with Gasteiger partial charge in [0.15, 0.2) is 0 Å². The quantitative estimate of drug-likeness (QED) is 0.494. The molecule has 0 aliphatic rings. The van der Waals surface area contributed by atoms with E-state index in [-0.39, 0.29) is 5.91 Å². The zero-order valence-electron chi connectivity index (χ0n) is 7.89. The van der Waals surface area contributed by atoms with E-state index in [9.17, 15) is 4.79 Å². The molecule has 5 N–H and O–H groups in total. The van der Waals surface area contributed by atoms with Gasteiger partial charge in [0, 0.05) is 6.54 Å². The van der Waals surface area contributed by atoms with Crippen LogP contribution in [0.2, 0.25) is 0 Å². The van der Waals surface area contributed by atoms with Gasteiger partial charge in [-0.15, -0.1) is 0 Å². The monoisotopic (exact) mass is 173 g/mol. The molecule has 72 valence electrons. The van der Waals surface area contributed by atoms with Gasteiger partial charge in [-0.25, -0.2) is 0 Å². The Kier molecular flexibility index (Phi) is 4.85. The minimum Gasteiger partial charge on any atom is -0.355 e. The van der Waals surface area contributed by atoms with Gasteiger partial charge in [-0.05, 0) is 33.2 Å². The molecule has 0 rings (SSSR count). The molecule has 0 radical (unpaired) electrons. The van der Waals surface area contributed by atoms with Gasteiger partial charge in [-0.1, -0.05) is 0 Å². The van der Waals surface area contributed by atoms with Gasteiger partial charge in [0.2, 0.25) is 5.91 Å². The molecule has 0 spiro atoms. The van der Waals surface area contributed by atoms with E-state index < -0.39 is 5.54 Å². The van der Waals surface area contributed by atoms with E-state index in [0.29, 0.717) is 13.1 Å². The summed E-state index contributed by atoms with van der Waals surface area (Å²) in [6.07, 6.45) is 1.85. The molecule has 0 aromatic heterocycles. The molecule has 0 saturated heterocycles. The molecule has 4 heteroatoms. The van der Waals surface area contributed by atoms with Crippen LogP contribution >= 0.6 is 0 Å². The predicted molar refractivity (Wildman–Crippen MR) is 49.6 cm³/mol. The lowest BCUT2D eigenvalue weighted by Gasteiger charge is -2.17. The number of carbonyl (C=O) groups excluding carboxylic acids is 1. The highest BCUT2D eigenvalue weighted by atomic mass is 16.2. The van der Waals surface area contributed by atoms with E-state index in [4.69, 9.17) is 11.5 Å². The van der Waals surface area contributed by atoms with E-state index in [1.807, 2.05) is 0 Å². The Morgan fingerprint density at radius 2 is 2.00 bits per heavy atom. The van der Waals surface area contributed by atoms with Gasteiger partial charge in [0.1, 0.15) is 0 Å². The van der Waals surface area contributed by atoms with Gasteiger partial charge in [-0.2, -0.15) is 0 Å². The van der Waals surface area contributed by atoms with Crippen molar-refractivity contribution in [2.24, 2.45) is 11.5 Å². The topological polar surface area (TPSA) is 81.1 Å². The smallest absolute Gasteiger partial charge is 0.239 e. The first-order valence-corrected chi connectivity index (χ1v) is 4.25. The van der Waals surface area contributed by atoms with Crippen LogP contribution in [0.25, 0.3) is 0 Å². The summed E-state index contributed by atoms with van der Waals surface area (Å²) in [4.78, 5) is 11.2. The highest BCUT2D eigenvalue weighted by Gasteiger charge is 2.20. The maximum Gasteiger partial charge on any atom is 0.239 e. The molecule has 0 atom stereocenters. The third-order valence-corrected chi connectivity index (χ3v) is 1.50. The van der Waals surface area contributed by atoms with Crippen LogP contribution in [0.3, 0.4) is 0 Å². The summed E-state index contributed by atoms with van der Waals surface area (Å²) in [5.74, 6) is -0.112. The largest absolute Gasteiger partial charge is 0.355 e. The number of nitrogens with two attached hydrogens (primary N) is 2. The van der Waals surface area contributed by atoms with Crippen molar-refractivity contribution in [2.45, 2.75) is 32.2 Å². The number of hydrogen-bond donors (Lipinski definition) is 3. The predicted octanol–water partition coefficient (Wildman–Crippen LogP) is -0.421. The molecule has 0 saturated carbocycles. The van der Waals surface area contributed by atoms with E-state index in [1.54, 1.807) is 13.8 Å². The van der Waals surface area contributed by atoms with Crippen molar-refractivity contribution in [1.82, 2.24) is 5.32 Å². The first kappa shape index (κ1) is 11.4. The number of nitrogens with one attached hydrogen (secondary N) is 1. The van der Waals surface area contributed by atoms with Crippen molar-refractivity contribution >= 4 is 5.91 Å². The minimum atomic E-state index is -0.775. The second-order valence-electron chi connectivity index (χ2n) is 3.47. The number of rotatable bonds is 5. The standard InChI is InChI=1S/C8H19N3O/c1-8(2,10)7(12)11-6-4-3-5-9/h3-6,9-10H2,1-2H3,(H,11,12). The summed E-state index contributed by atoms with van der Waals surface area (Å²) in [6.45, 7) is 4.70. The SMILES string of the molecule is CC(C)(N)C(=O)NCCCCN. The Balaban J connectivity index is 3.45. The van der Waals surface area contributed by atoms with Crippen LogP contribution < -0.4 is 16.8 Å². The fourth-order valence-corrected chi connectivity index (χ4v) is 0.699. The van der Waals surface area contributed by atoms with Gasteiger partial charge in [0.25, 0.3) is 0 Å². The zero-order valence-corrected chi connectivity index (χ0v) is 7.89. The Labute approximate surface area is 73.7 Å². The summed E-state index contributed by atoms with van der Waals surface area (Å²) >= 11 is 0. The molecule has 0 heterocycles. The number of unbranched alkanes of at least 4 members (excludes halogenated alkanes) is 1. The summed E-state index contributed by atoms with van der Waals surface area (Å²) in [5.41, 5.74) is 10.1. The van der Waals surface area contributed by atoms with Gasteiger partial charge >= 0.3 is 0 Å². The van der Waals surface area contributed by atoms with Crippen LogP contribution in [-0.2, 0) is 4.79 Å². The molecule has 0 aromatic carbocycles. The van der Waals surface area contributed by atoms with Gasteiger partial charge < -0.3 is 16.8 Å². The minimum absolute atomic E-state index is 0.112. The molecule has 0 aromatic rings. The normalized spacial score (nSPS) is 11.3. The van der Waals surface area contributed by atoms with E-state index in [2.05, 4.69) is 5.32 Å². The highest BCUT2D eigenvalue weighted by Crippen LogP contribution is 1.95. The van der Waals surface area contributed by atoms with Crippen molar-refractivity contribution in [2.75, 3.05) is 13.1 Å². The molecule has 12 heavy (non-hydrogen) atoms. The molecule has 4 nitrogen and oxygen atoms in total. The summed E-state index contributed by atoms with van der Waals surface area (Å²) in [6, 6.07) is 0. The lowest BCUT2D eigenvalue weighted by atomic mass is 10.1. The molecule has 1 amide bonds. The molecule has 0 fully saturated rings. The van der Waals surface area contributed by atoms with Crippen LogP contribution in [0.4, 0.5) is 0 Å². The van der Waals surface area contributed by atoms with E-state index in [0.717, 1.165) is 12.8 Å².